The molecule has 0 aliphatic heterocycles. The third kappa shape index (κ3) is 4.35. The molecule has 1 aliphatic carbocycles. The van der Waals surface area contributed by atoms with E-state index in [0.717, 1.165) is 16.7 Å². The molecule has 2 aromatic rings. The Hall–Kier alpha value is -2.84. The molecule has 11 heteroatoms. The summed E-state index contributed by atoms with van der Waals surface area (Å²) in [6.45, 7) is -0.498. The summed E-state index contributed by atoms with van der Waals surface area (Å²) < 4.78 is 68.3. The number of nitrogens with zero attached hydrogens (tertiary/aromatic N) is 2. The summed E-state index contributed by atoms with van der Waals surface area (Å²) in [6, 6.07) is 3.80. The van der Waals surface area contributed by atoms with Gasteiger partial charge in [0.05, 0.1) is 16.0 Å². The first kappa shape index (κ1) is 19.9. The zero-order chi connectivity index (χ0) is 20.7. The monoisotopic (exact) mass is 413 g/mol. The summed E-state index contributed by atoms with van der Waals surface area (Å²) in [5.74, 6) is -1.20. The molecule has 148 valence electrons. The lowest BCUT2D eigenvalue weighted by atomic mass is 10.0. The van der Waals surface area contributed by atoms with Gasteiger partial charge in [-0.2, -0.15) is 18.4 Å². The van der Waals surface area contributed by atoms with Crippen LogP contribution in [0.5, 0.6) is 0 Å². The van der Waals surface area contributed by atoms with Crippen LogP contribution in [-0.2, 0) is 27.5 Å². The predicted octanol–water partition coefficient (Wildman–Crippen LogP) is 2.57. The van der Waals surface area contributed by atoms with Crippen molar-refractivity contribution in [2.75, 3.05) is 0 Å². The summed E-state index contributed by atoms with van der Waals surface area (Å²) in [7, 11) is -4.18. The number of hydrogen-bond acceptors (Lipinski definition) is 4. The summed E-state index contributed by atoms with van der Waals surface area (Å²) >= 11 is 0. The summed E-state index contributed by atoms with van der Waals surface area (Å²) in [6.07, 6.45) is -1.20. The molecule has 0 saturated heterocycles. The number of aromatic nitrogens is 1. The molecule has 0 amide bonds. The Bertz CT molecular complexity index is 1080. The quantitative estimate of drug-likeness (QED) is 0.756. The maximum absolute atomic E-state index is 13.3. The second kappa shape index (κ2) is 6.96. The molecule has 3 rings (SSSR count). The van der Waals surface area contributed by atoms with E-state index in [4.69, 9.17) is 5.11 Å². The van der Waals surface area contributed by atoms with Crippen LogP contribution in [0.3, 0.4) is 0 Å². The van der Waals surface area contributed by atoms with Crippen LogP contribution in [-0.4, -0.2) is 30.1 Å². The van der Waals surface area contributed by atoms with Crippen molar-refractivity contribution in [3.63, 3.8) is 0 Å². The van der Waals surface area contributed by atoms with Crippen LogP contribution in [0.1, 0.15) is 24.0 Å². The first-order chi connectivity index (χ1) is 13.0. The molecule has 0 bridgehead atoms. The molecule has 0 unspecified atom stereocenters. The molecule has 1 aromatic carbocycles. The van der Waals surface area contributed by atoms with Gasteiger partial charge >= 0.3 is 12.1 Å². The van der Waals surface area contributed by atoms with Crippen LogP contribution < -0.4 is 4.72 Å². The molecular formula is C17H14F3N3O4S. The minimum atomic E-state index is -4.81. The average molecular weight is 413 g/mol. The molecule has 0 spiro atoms. The van der Waals surface area contributed by atoms with E-state index in [1.807, 2.05) is 0 Å². The number of carbonyl (C=O) groups is 1. The first-order valence-electron chi connectivity index (χ1n) is 8.06. The molecule has 1 aliphatic rings. The predicted molar refractivity (Wildman–Crippen MR) is 90.6 cm³/mol. The Morgan fingerprint density at radius 3 is 2.50 bits per heavy atom. The summed E-state index contributed by atoms with van der Waals surface area (Å²) in [4.78, 5) is 10.3. The number of carboxylic acids is 1. The van der Waals surface area contributed by atoms with Gasteiger partial charge in [-0.1, -0.05) is 0 Å². The topological polar surface area (TPSA) is 112 Å². The van der Waals surface area contributed by atoms with E-state index in [1.54, 1.807) is 6.07 Å². The molecule has 1 heterocycles. The van der Waals surface area contributed by atoms with Gasteiger partial charge in [-0.25, -0.2) is 13.1 Å². The number of sulfonamides is 1. The van der Waals surface area contributed by atoms with Crippen LogP contribution in [0.25, 0.3) is 11.1 Å². The Morgan fingerprint density at radius 2 is 1.96 bits per heavy atom. The van der Waals surface area contributed by atoms with Crippen LogP contribution in [0.4, 0.5) is 13.2 Å². The Kier molecular flexibility index (Phi) is 4.95. The zero-order valence-corrected chi connectivity index (χ0v) is 15.0. The SMILES string of the molecule is N#Cc1cn(CC(=O)O)cc1-c1cc(C(F)(F)F)cc(S(=O)(=O)NC2CC2)c1. The van der Waals surface area contributed by atoms with Gasteiger partial charge in [0.25, 0.3) is 0 Å². The maximum Gasteiger partial charge on any atom is 0.416 e. The van der Waals surface area contributed by atoms with E-state index in [0.29, 0.717) is 18.9 Å². The number of benzene rings is 1. The summed E-state index contributed by atoms with van der Waals surface area (Å²) in [5, 5.41) is 18.1. The van der Waals surface area contributed by atoms with Crippen molar-refractivity contribution < 1.29 is 31.5 Å². The van der Waals surface area contributed by atoms with Crippen molar-refractivity contribution in [2.24, 2.45) is 0 Å². The molecule has 1 saturated carbocycles. The van der Waals surface area contributed by atoms with E-state index in [2.05, 4.69) is 4.72 Å². The fourth-order valence-electron chi connectivity index (χ4n) is 2.64. The average Bonchev–Trinajstić information content (AvgIpc) is 3.29. The van der Waals surface area contributed by atoms with Gasteiger partial charge in [0.15, 0.2) is 0 Å². The highest BCUT2D eigenvalue weighted by Gasteiger charge is 2.34. The second-order valence-corrected chi connectivity index (χ2v) is 8.12. The minimum absolute atomic E-state index is 0.0118. The normalized spacial score (nSPS) is 14.6. The number of rotatable bonds is 6. The number of hydrogen-bond donors (Lipinski definition) is 2. The fraction of sp³-hybridized carbons (Fsp3) is 0.294. The van der Waals surface area contributed by atoms with Gasteiger partial charge in [-0.05, 0) is 36.6 Å². The van der Waals surface area contributed by atoms with Crippen molar-refractivity contribution >= 4 is 16.0 Å². The number of halogens is 3. The molecule has 1 aromatic heterocycles. The molecule has 7 nitrogen and oxygen atoms in total. The molecule has 1 fully saturated rings. The molecule has 0 radical (unpaired) electrons. The van der Waals surface area contributed by atoms with E-state index in [1.165, 1.54) is 12.4 Å². The third-order valence-corrected chi connectivity index (χ3v) is 5.57. The van der Waals surface area contributed by atoms with Crippen LogP contribution in [0.15, 0.2) is 35.5 Å². The lowest BCUT2D eigenvalue weighted by molar-refractivity contribution is -0.138. The van der Waals surface area contributed by atoms with E-state index < -0.39 is 39.2 Å². The van der Waals surface area contributed by atoms with Crippen molar-refractivity contribution in [3.8, 4) is 17.2 Å². The third-order valence-electron chi connectivity index (χ3n) is 4.07. The standard InChI is InChI=1S/C17H14F3N3O4S/c18-17(19,20)12-3-10(4-14(5-12)28(26,27)22-13-1-2-13)15-8-23(9-16(24)25)7-11(15)6-21/h3-5,7-8,13,22H,1-2,9H2,(H,24,25). The van der Waals surface area contributed by atoms with Crippen LogP contribution in [0.2, 0.25) is 0 Å². The van der Waals surface area contributed by atoms with Crippen molar-refractivity contribution in [2.45, 2.75) is 36.5 Å². The van der Waals surface area contributed by atoms with Gasteiger partial charge in [-0.15, -0.1) is 0 Å². The van der Waals surface area contributed by atoms with E-state index >= 15 is 0 Å². The maximum atomic E-state index is 13.3. The van der Waals surface area contributed by atoms with Crippen molar-refractivity contribution in [1.29, 1.82) is 5.26 Å². The highest BCUT2D eigenvalue weighted by Crippen LogP contribution is 2.36. The molecule has 28 heavy (non-hydrogen) atoms. The number of carboxylic acid groups (broad SMARTS) is 1. The number of nitriles is 1. The first-order valence-corrected chi connectivity index (χ1v) is 9.54. The highest BCUT2D eigenvalue weighted by atomic mass is 32.2. The second-order valence-electron chi connectivity index (χ2n) is 6.40. The summed E-state index contributed by atoms with van der Waals surface area (Å²) in [5.41, 5.74) is -1.39. The van der Waals surface area contributed by atoms with Gasteiger partial charge in [0.2, 0.25) is 10.0 Å². The highest BCUT2D eigenvalue weighted by molar-refractivity contribution is 7.89. The Morgan fingerprint density at radius 1 is 1.29 bits per heavy atom. The minimum Gasteiger partial charge on any atom is -0.480 e. The van der Waals surface area contributed by atoms with Crippen LogP contribution in [0, 0.1) is 11.3 Å². The lowest BCUT2D eigenvalue weighted by Gasteiger charge is -2.13. The van der Waals surface area contributed by atoms with Crippen molar-refractivity contribution in [1.82, 2.24) is 9.29 Å². The molecular weight excluding hydrogens is 399 g/mol. The van der Waals surface area contributed by atoms with Gasteiger partial charge < -0.3 is 9.67 Å². The van der Waals surface area contributed by atoms with E-state index in [9.17, 15) is 31.6 Å². The largest absolute Gasteiger partial charge is 0.480 e. The number of alkyl halides is 3. The van der Waals surface area contributed by atoms with Gasteiger partial charge in [0, 0.05) is 24.0 Å². The van der Waals surface area contributed by atoms with Crippen LogP contribution >= 0.6 is 0 Å². The van der Waals surface area contributed by atoms with E-state index in [-0.39, 0.29) is 22.7 Å². The van der Waals surface area contributed by atoms with Gasteiger partial charge in [0.1, 0.15) is 12.6 Å². The smallest absolute Gasteiger partial charge is 0.416 e. The van der Waals surface area contributed by atoms with Crippen molar-refractivity contribution in [3.05, 3.63) is 41.7 Å². The lowest BCUT2D eigenvalue weighted by Crippen LogP contribution is -2.26. The number of aliphatic carboxylic acids is 1. The van der Waals surface area contributed by atoms with Gasteiger partial charge in [-0.3, -0.25) is 4.79 Å². The Labute approximate surface area is 158 Å². The Balaban J connectivity index is 2.15. The zero-order valence-electron chi connectivity index (χ0n) is 14.2. The number of nitrogens with one attached hydrogen (secondary N) is 1. The molecule has 0 atom stereocenters. The fourth-order valence-corrected chi connectivity index (χ4v) is 4.01. The molecule has 2 N–H and O–H groups in total.